The molecule has 8 nitrogen and oxygen atoms in total. The molecular formula is C30H53N3O5. The Morgan fingerprint density at radius 1 is 1.08 bits per heavy atom. The Kier molecular flexibility index (Phi) is 15.0. The first-order valence-corrected chi connectivity index (χ1v) is 14.5. The Balaban J connectivity index is 1.85. The molecule has 0 aliphatic carbocycles. The van der Waals surface area contributed by atoms with Gasteiger partial charge >= 0.3 is 0 Å². The van der Waals surface area contributed by atoms with Gasteiger partial charge in [0.2, 0.25) is 5.91 Å². The van der Waals surface area contributed by atoms with Crippen molar-refractivity contribution in [3.05, 3.63) is 23.8 Å². The molecule has 1 aromatic carbocycles. The van der Waals surface area contributed by atoms with Crippen LogP contribution in [0.3, 0.4) is 0 Å². The van der Waals surface area contributed by atoms with Gasteiger partial charge in [-0.15, -0.1) is 0 Å². The standard InChI is InChI=1S/C30H53N3O5/c1-22(2)25(19-24-10-11-28(37-5)29(20-24)38-17-9-16-36-4)21-26(31)27(34)18-23(3)30(35)32-12-15-33-13-7-6-8-14-33/h10-11,20,22-23,25-27,34H,6-9,12-19,21,31H2,1-5H3,(H,32,35)/t23-,25+,26+,27+/m1/s1. The Labute approximate surface area is 230 Å². The lowest BCUT2D eigenvalue weighted by molar-refractivity contribution is -0.125. The molecule has 0 unspecified atom stereocenters. The average molecular weight is 536 g/mol. The van der Waals surface area contributed by atoms with Crippen molar-refractivity contribution in [1.82, 2.24) is 10.2 Å². The van der Waals surface area contributed by atoms with E-state index in [1.54, 1.807) is 14.2 Å². The van der Waals surface area contributed by atoms with Crippen LogP contribution in [0, 0.1) is 17.8 Å². The van der Waals surface area contributed by atoms with E-state index in [0.29, 0.717) is 44.3 Å². The quantitative estimate of drug-likeness (QED) is 0.247. The van der Waals surface area contributed by atoms with E-state index in [0.717, 1.165) is 43.8 Å². The summed E-state index contributed by atoms with van der Waals surface area (Å²) < 4.78 is 16.5. The average Bonchev–Trinajstić information content (AvgIpc) is 2.91. The van der Waals surface area contributed by atoms with Crippen LogP contribution in [0.25, 0.3) is 0 Å². The van der Waals surface area contributed by atoms with Crippen LogP contribution in [0.4, 0.5) is 0 Å². The van der Waals surface area contributed by atoms with Gasteiger partial charge in [-0.25, -0.2) is 0 Å². The minimum absolute atomic E-state index is 0.00932. The Morgan fingerprint density at radius 3 is 2.47 bits per heavy atom. The summed E-state index contributed by atoms with van der Waals surface area (Å²) >= 11 is 0. The van der Waals surface area contributed by atoms with E-state index in [1.165, 1.54) is 19.3 Å². The Bertz CT molecular complexity index is 800. The maximum atomic E-state index is 12.6. The number of amides is 1. The van der Waals surface area contributed by atoms with Crippen LogP contribution in [0.5, 0.6) is 11.5 Å². The van der Waals surface area contributed by atoms with Gasteiger partial charge in [-0.05, 0) is 74.7 Å². The summed E-state index contributed by atoms with van der Waals surface area (Å²) in [6, 6.07) is 5.65. The second-order valence-corrected chi connectivity index (χ2v) is 11.2. The third-order valence-corrected chi connectivity index (χ3v) is 7.71. The highest BCUT2D eigenvalue weighted by Gasteiger charge is 2.26. The minimum Gasteiger partial charge on any atom is -0.493 e. The van der Waals surface area contributed by atoms with Crippen molar-refractivity contribution < 1.29 is 24.1 Å². The van der Waals surface area contributed by atoms with Crippen molar-refractivity contribution in [2.45, 2.75) is 77.9 Å². The molecule has 2 rings (SSSR count). The molecular weight excluding hydrogens is 482 g/mol. The summed E-state index contributed by atoms with van der Waals surface area (Å²) in [5, 5.41) is 13.9. The van der Waals surface area contributed by atoms with Crippen LogP contribution in [0.15, 0.2) is 18.2 Å². The summed E-state index contributed by atoms with van der Waals surface area (Å²) in [6.45, 7) is 11.2. The number of aliphatic hydroxyl groups excluding tert-OH is 1. The molecule has 1 aliphatic rings. The number of hydrogen-bond donors (Lipinski definition) is 3. The summed E-state index contributed by atoms with van der Waals surface area (Å²) in [5.41, 5.74) is 7.63. The molecule has 8 heteroatoms. The molecule has 0 radical (unpaired) electrons. The number of carbonyl (C=O) groups is 1. The second kappa shape index (κ2) is 17.7. The summed E-state index contributed by atoms with van der Waals surface area (Å²) in [7, 11) is 3.33. The molecule has 0 aromatic heterocycles. The fourth-order valence-electron chi connectivity index (χ4n) is 5.09. The molecule has 4 N–H and O–H groups in total. The largest absolute Gasteiger partial charge is 0.493 e. The summed E-state index contributed by atoms with van der Waals surface area (Å²) in [4.78, 5) is 15.0. The molecule has 0 bridgehead atoms. The maximum Gasteiger partial charge on any atom is 0.222 e. The van der Waals surface area contributed by atoms with E-state index in [9.17, 15) is 9.90 Å². The first-order valence-electron chi connectivity index (χ1n) is 14.5. The molecule has 1 aliphatic heterocycles. The van der Waals surface area contributed by atoms with Crippen LogP contribution in [0.2, 0.25) is 0 Å². The number of nitrogens with two attached hydrogens (primary N) is 1. The zero-order valence-corrected chi connectivity index (χ0v) is 24.4. The highest BCUT2D eigenvalue weighted by Crippen LogP contribution is 2.31. The van der Waals surface area contributed by atoms with Gasteiger partial charge in [0.15, 0.2) is 11.5 Å². The number of rotatable bonds is 18. The SMILES string of the molecule is COCCCOc1cc(C[C@@H](C[C@H](N)[C@@H](O)C[C@@H](C)C(=O)NCCN2CCCCC2)C(C)C)ccc1OC. The highest BCUT2D eigenvalue weighted by atomic mass is 16.5. The number of ether oxygens (including phenoxy) is 3. The molecule has 1 amide bonds. The van der Waals surface area contributed by atoms with Crippen LogP contribution >= 0.6 is 0 Å². The minimum atomic E-state index is -0.727. The molecule has 1 heterocycles. The second-order valence-electron chi connectivity index (χ2n) is 11.2. The number of benzene rings is 1. The maximum absolute atomic E-state index is 12.6. The number of nitrogens with zero attached hydrogens (tertiary/aromatic N) is 1. The van der Waals surface area contributed by atoms with Crippen molar-refractivity contribution in [1.29, 1.82) is 0 Å². The zero-order chi connectivity index (χ0) is 27.9. The monoisotopic (exact) mass is 535 g/mol. The molecule has 0 saturated carbocycles. The van der Waals surface area contributed by atoms with Gasteiger partial charge in [-0.1, -0.05) is 33.3 Å². The van der Waals surface area contributed by atoms with E-state index >= 15 is 0 Å². The number of nitrogens with one attached hydrogen (secondary N) is 1. The van der Waals surface area contributed by atoms with Gasteiger partial charge in [0.05, 0.1) is 19.8 Å². The van der Waals surface area contributed by atoms with E-state index in [4.69, 9.17) is 19.9 Å². The molecule has 4 atom stereocenters. The van der Waals surface area contributed by atoms with E-state index < -0.39 is 12.1 Å². The number of piperidine rings is 1. The van der Waals surface area contributed by atoms with Crippen LogP contribution in [0.1, 0.15) is 64.9 Å². The third-order valence-electron chi connectivity index (χ3n) is 7.71. The van der Waals surface area contributed by atoms with Crippen molar-refractivity contribution >= 4 is 5.91 Å². The molecule has 0 spiro atoms. The van der Waals surface area contributed by atoms with Crippen LogP contribution in [-0.2, 0) is 16.0 Å². The molecule has 218 valence electrons. The van der Waals surface area contributed by atoms with Gasteiger partial charge in [0.1, 0.15) is 0 Å². The fourth-order valence-corrected chi connectivity index (χ4v) is 5.09. The Morgan fingerprint density at radius 2 is 1.82 bits per heavy atom. The van der Waals surface area contributed by atoms with Crippen molar-refractivity contribution in [2.24, 2.45) is 23.5 Å². The van der Waals surface area contributed by atoms with Gasteiger partial charge in [-0.3, -0.25) is 4.79 Å². The predicted octanol–water partition coefficient (Wildman–Crippen LogP) is 3.63. The molecule has 1 saturated heterocycles. The third kappa shape index (κ3) is 11.5. The zero-order valence-electron chi connectivity index (χ0n) is 24.4. The van der Waals surface area contributed by atoms with E-state index in [1.807, 2.05) is 19.1 Å². The summed E-state index contributed by atoms with van der Waals surface area (Å²) in [6.07, 6.45) is 5.74. The highest BCUT2D eigenvalue weighted by molar-refractivity contribution is 5.78. The lowest BCUT2D eigenvalue weighted by atomic mass is 9.82. The number of carbonyl (C=O) groups excluding carboxylic acids is 1. The number of likely N-dealkylation sites (tertiary alicyclic amines) is 1. The lowest BCUT2D eigenvalue weighted by Gasteiger charge is -2.29. The van der Waals surface area contributed by atoms with Gasteiger partial charge in [-0.2, -0.15) is 0 Å². The van der Waals surface area contributed by atoms with Crippen molar-refractivity contribution in [2.75, 3.05) is 53.6 Å². The molecule has 1 aromatic rings. The number of methoxy groups -OCH3 is 2. The normalized spacial score (nSPS) is 17.6. The number of aliphatic hydroxyl groups is 1. The van der Waals surface area contributed by atoms with Crippen molar-refractivity contribution in [3.63, 3.8) is 0 Å². The first kappa shape index (κ1) is 32.3. The smallest absolute Gasteiger partial charge is 0.222 e. The number of hydrogen-bond acceptors (Lipinski definition) is 7. The fraction of sp³-hybridized carbons (Fsp3) is 0.767. The van der Waals surface area contributed by atoms with E-state index in [-0.39, 0.29) is 17.7 Å². The van der Waals surface area contributed by atoms with Crippen LogP contribution < -0.4 is 20.5 Å². The van der Waals surface area contributed by atoms with Gasteiger partial charge in [0.25, 0.3) is 0 Å². The first-order chi connectivity index (χ1) is 18.2. The topological polar surface area (TPSA) is 106 Å². The lowest BCUT2D eigenvalue weighted by Crippen LogP contribution is -2.42. The van der Waals surface area contributed by atoms with Crippen LogP contribution in [-0.4, -0.2) is 81.7 Å². The van der Waals surface area contributed by atoms with Crippen molar-refractivity contribution in [3.8, 4) is 11.5 Å². The Hall–Kier alpha value is -1.87. The predicted molar refractivity (Wildman–Crippen MR) is 153 cm³/mol. The van der Waals surface area contributed by atoms with E-state index in [2.05, 4.69) is 30.1 Å². The van der Waals surface area contributed by atoms with Gasteiger partial charge in [0, 0.05) is 45.2 Å². The summed E-state index contributed by atoms with van der Waals surface area (Å²) in [5.74, 6) is 1.81. The molecule has 1 fully saturated rings. The molecule has 38 heavy (non-hydrogen) atoms. The van der Waals surface area contributed by atoms with Gasteiger partial charge < -0.3 is 35.3 Å².